The summed E-state index contributed by atoms with van der Waals surface area (Å²) in [5.41, 5.74) is 28.3. The van der Waals surface area contributed by atoms with E-state index in [0.29, 0.717) is 0 Å². The summed E-state index contributed by atoms with van der Waals surface area (Å²) in [6, 6.07) is 102. The molecule has 3 heteroatoms. The minimum Gasteiger partial charge on any atom is -0.344 e. The lowest BCUT2D eigenvalue weighted by Crippen LogP contribution is -2.25. The van der Waals surface area contributed by atoms with Crippen LogP contribution in [0.4, 0.5) is 28.4 Å². The number of hydrogen-bond donors (Lipinski definition) is 0. The highest BCUT2D eigenvalue weighted by Gasteiger charge is 2.52. The van der Waals surface area contributed by atoms with Crippen LogP contribution in [0.2, 0.25) is 0 Å². The van der Waals surface area contributed by atoms with Gasteiger partial charge in [-0.15, -0.1) is 11.3 Å². The summed E-state index contributed by atoms with van der Waals surface area (Å²) in [4.78, 5) is 4.80. The minimum absolute atomic E-state index is 0.121. The number of anilines is 5. The van der Waals surface area contributed by atoms with Crippen molar-refractivity contribution in [2.45, 2.75) is 24.7 Å². The standard InChI is InChI=1S/C77H54N2S/c1-76(2)66-26-14-10-22-58(66)60-41-39-57(48-71(60)76)79(54-35-30-50(31-36-54)49-18-6-4-7-19-49)55-37-32-51(33-38-55)53-34-45-72(64(46-53)52-20-8-5-9-21-52)78(3)56-40-43-69-65(47-56)59-23-11-15-27-67(59)77(69)68-28-16-12-25-63(68)74-70(77)44-42-62-61-24-13-17-29-73(61)80-75(62)74/h4-48H,1-3H3. The van der Waals surface area contributed by atoms with Gasteiger partial charge in [0, 0.05) is 72.2 Å². The van der Waals surface area contributed by atoms with Gasteiger partial charge in [0.1, 0.15) is 0 Å². The van der Waals surface area contributed by atoms with Crippen LogP contribution >= 0.6 is 11.3 Å². The lowest BCUT2D eigenvalue weighted by molar-refractivity contribution is 0.660. The SMILES string of the molecule is CN(c1ccc2c(c1)-c1ccccc1C21c2ccccc2-c2c1ccc1c2sc2ccccc21)c1ccc(-c2ccc(N(c3ccc(-c4ccccc4)cc3)c3ccc4c(c3)C(C)(C)c3ccccc3-4)cc2)cc1-c1ccccc1. The number of fused-ring (bicyclic) bond motifs is 17. The highest BCUT2D eigenvalue weighted by molar-refractivity contribution is 7.26. The predicted octanol–water partition coefficient (Wildman–Crippen LogP) is 20.9. The quantitative estimate of drug-likeness (QED) is 0.150. The van der Waals surface area contributed by atoms with Crippen molar-refractivity contribution in [1.82, 2.24) is 0 Å². The second-order valence-corrected chi connectivity index (χ2v) is 23.4. The van der Waals surface area contributed by atoms with Crippen LogP contribution in [0.15, 0.2) is 273 Å². The van der Waals surface area contributed by atoms with E-state index in [2.05, 4.69) is 304 Å². The van der Waals surface area contributed by atoms with Crippen molar-refractivity contribution in [1.29, 1.82) is 0 Å². The lowest BCUT2D eigenvalue weighted by atomic mass is 9.70. The normalized spacial score (nSPS) is 14.8. The number of nitrogens with zero attached hydrogens (tertiary/aromatic N) is 2. The number of rotatable bonds is 8. The number of hydrogen-bond acceptors (Lipinski definition) is 3. The maximum Gasteiger partial charge on any atom is 0.0726 e. The van der Waals surface area contributed by atoms with Crippen LogP contribution in [-0.4, -0.2) is 7.05 Å². The van der Waals surface area contributed by atoms with Gasteiger partial charge in [-0.25, -0.2) is 0 Å². The first-order chi connectivity index (χ1) is 39.3. The zero-order chi connectivity index (χ0) is 53.3. The first kappa shape index (κ1) is 46.5. The molecule has 0 aliphatic heterocycles. The molecule has 12 aromatic carbocycles. The van der Waals surface area contributed by atoms with Gasteiger partial charge in [-0.05, 0) is 156 Å². The molecule has 3 aliphatic carbocycles. The van der Waals surface area contributed by atoms with Crippen molar-refractivity contribution in [2.24, 2.45) is 0 Å². The van der Waals surface area contributed by atoms with Gasteiger partial charge in [0.15, 0.2) is 0 Å². The van der Waals surface area contributed by atoms with Gasteiger partial charge >= 0.3 is 0 Å². The highest BCUT2D eigenvalue weighted by atomic mass is 32.1. The Balaban J connectivity index is 0.780. The molecule has 1 atom stereocenters. The molecule has 3 aliphatic rings. The topological polar surface area (TPSA) is 6.48 Å². The van der Waals surface area contributed by atoms with Gasteiger partial charge in [-0.2, -0.15) is 0 Å². The summed E-state index contributed by atoms with van der Waals surface area (Å²) in [6.07, 6.45) is 0. The zero-order valence-electron chi connectivity index (χ0n) is 44.8. The summed E-state index contributed by atoms with van der Waals surface area (Å²) in [7, 11) is 2.23. The number of benzene rings is 12. The Morgan fingerprint density at radius 1 is 0.312 bits per heavy atom. The second-order valence-electron chi connectivity index (χ2n) is 22.4. The van der Waals surface area contributed by atoms with Gasteiger partial charge in [0.2, 0.25) is 0 Å². The van der Waals surface area contributed by atoms with E-state index < -0.39 is 5.41 Å². The van der Waals surface area contributed by atoms with E-state index in [1.165, 1.54) is 115 Å². The molecule has 13 aromatic rings. The molecule has 378 valence electrons. The summed E-state index contributed by atoms with van der Waals surface area (Å²) in [5, 5.41) is 2.67. The molecular formula is C77H54N2S. The lowest BCUT2D eigenvalue weighted by Gasteiger charge is -2.31. The van der Waals surface area contributed by atoms with Crippen LogP contribution in [0.5, 0.6) is 0 Å². The molecule has 1 heterocycles. The van der Waals surface area contributed by atoms with Crippen molar-refractivity contribution in [3.05, 3.63) is 306 Å². The smallest absolute Gasteiger partial charge is 0.0726 e. The Bertz CT molecular complexity index is 4630. The third-order valence-electron chi connectivity index (χ3n) is 17.9. The number of thiophene rings is 1. The summed E-state index contributed by atoms with van der Waals surface area (Å²) < 4.78 is 2.71. The van der Waals surface area contributed by atoms with E-state index >= 15 is 0 Å². The zero-order valence-corrected chi connectivity index (χ0v) is 45.6. The summed E-state index contributed by atoms with van der Waals surface area (Å²) in [5.74, 6) is 0. The Morgan fingerprint density at radius 2 is 0.825 bits per heavy atom. The molecular weight excluding hydrogens is 985 g/mol. The van der Waals surface area contributed by atoms with Gasteiger partial charge < -0.3 is 9.80 Å². The third kappa shape index (κ3) is 6.77. The van der Waals surface area contributed by atoms with Gasteiger partial charge in [0.05, 0.1) is 5.41 Å². The van der Waals surface area contributed by atoms with Crippen LogP contribution in [0, 0.1) is 0 Å². The first-order valence-electron chi connectivity index (χ1n) is 27.9. The maximum atomic E-state index is 2.45. The van der Waals surface area contributed by atoms with E-state index in [1.54, 1.807) is 0 Å². The van der Waals surface area contributed by atoms with Crippen molar-refractivity contribution in [3.63, 3.8) is 0 Å². The molecule has 80 heavy (non-hydrogen) atoms. The van der Waals surface area contributed by atoms with Crippen LogP contribution in [-0.2, 0) is 10.8 Å². The Hall–Kier alpha value is -9.54. The van der Waals surface area contributed by atoms with E-state index in [4.69, 9.17) is 0 Å². The van der Waals surface area contributed by atoms with Crippen molar-refractivity contribution < 1.29 is 0 Å². The molecule has 0 fully saturated rings. The largest absolute Gasteiger partial charge is 0.344 e. The summed E-state index contributed by atoms with van der Waals surface area (Å²) >= 11 is 1.93. The van der Waals surface area contributed by atoms with Crippen molar-refractivity contribution >= 4 is 59.9 Å². The Morgan fingerprint density at radius 3 is 1.55 bits per heavy atom. The summed E-state index contributed by atoms with van der Waals surface area (Å²) in [6.45, 7) is 4.72. The van der Waals surface area contributed by atoms with Gasteiger partial charge in [0.25, 0.3) is 0 Å². The van der Waals surface area contributed by atoms with Gasteiger partial charge in [-0.1, -0.05) is 220 Å². The van der Waals surface area contributed by atoms with Gasteiger partial charge in [-0.3, -0.25) is 0 Å². The predicted molar refractivity (Wildman–Crippen MR) is 339 cm³/mol. The molecule has 16 rings (SSSR count). The molecule has 0 radical (unpaired) electrons. The van der Waals surface area contributed by atoms with Crippen LogP contribution in [0.1, 0.15) is 47.2 Å². The van der Waals surface area contributed by atoms with Crippen LogP contribution in [0.3, 0.4) is 0 Å². The minimum atomic E-state index is -0.430. The van der Waals surface area contributed by atoms with E-state index in [-0.39, 0.29) is 5.41 Å². The molecule has 0 saturated carbocycles. The monoisotopic (exact) mass is 1040 g/mol. The molecule has 1 unspecified atom stereocenters. The van der Waals surface area contributed by atoms with E-state index in [0.717, 1.165) is 34.0 Å². The Labute approximate surface area is 471 Å². The van der Waals surface area contributed by atoms with E-state index in [1.807, 2.05) is 11.3 Å². The van der Waals surface area contributed by atoms with Crippen LogP contribution < -0.4 is 9.80 Å². The molecule has 2 nitrogen and oxygen atoms in total. The fraction of sp³-hybridized carbons (Fsp3) is 0.0649. The first-order valence-corrected chi connectivity index (χ1v) is 28.7. The molecule has 0 bridgehead atoms. The third-order valence-corrected chi connectivity index (χ3v) is 19.1. The molecule has 1 spiro atoms. The molecule has 0 amide bonds. The highest BCUT2D eigenvalue weighted by Crippen LogP contribution is 2.65. The van der Waals surface area contributed by atoms with Crippen molar-refractivity contribution in [3.8, 4) is 66.8 Å². The molecule has 0 saturated heterocycles. The average Bonchev–Trinajstić information content (AvgIpc) is 3.47. The fourth-order valence-corrected chi connectivity index (χ4v) is 15.4. The van der Waals surface area contributed by atoms with E-state index in [9.17, 15) is 0 Å². The molecule has 0 N–H and O–H groups in total. The fourth-order valence-electron chi connectivity index (χ4n) is 14.1. The Kier molecular flexibility index (Phi) is 10.3. The molecule has 1 aromatic heterocycles. The average molecular weight is 1040 g/mol. The second kappa shape index (κ2) is 17.7. The maximum absolute atomic E-state index is 2.45. The van der Waals surface area contributed by atoms with Crippen LogP contribution in [0.25, 0.3) is 86.9 Å². The van der Waals surface area contributed by atoms with Crippen molar-refractivity contribution in [2.75, 3.05) is 16.8 Å².